The van der Waals surface area contributed by atoms with E-state index in [0.29, 0.717) is 17.7 Å². The van der Waals surface area contributed by atoms with Crippen LogP contribution < -0.4 is 0 Å². The number of nitrogens with zero attached hydrogens (tertiary/aromatic N) is 1. The van der Waals surface area contributed by atoms with Crippen molar-refractivity contribution < 1.29 is 4.74 Å². The van der Waals surface area contributed by atoms with Crippen LogP contribution in [-0.4, -0.2) is 35.7 Å². The molecule has 2 nitrogen and oxygen atoms in total. The summed E-state index contributed by atoms with van der Waals surface area (Å²) >= 11 is 0. The Labute approximate surface area is 74.9 Å². The maximum Gasteiger partial charge on any atom is 0.0704 e. The molecule has 0 radical (unpaired) electrons. The second-order valence-corrected chi connectivity index (χ2v) is 4.71. The van der Waals surface area contributed by atoms with Gasteiger partial charge in [0.25, 0.3) is 0 Å². The van der Waals surface area contributed by atoms with Crippen molar-refractivity contribution in [2.75, 3.05) is 13.2 Å². The Kier molecular flexibility index (Phi) is 1.92. The molecular formula is C10H19NO. The SMILES string of the molecule is CC(C)N1CC2CCC1(C)CO2. The molecule has 0 aromatic carbocycles. The van der Waals surface area contributed by atoms with Gasteiger partial charge in [0.1, 0.15) is 0 Å². The first-order valence-corrected chi connectivity index (χ1v) is 5.00. The standard InChI is InChI=1S/C10H19NO/c1-8(2)11-6-9-4-5-10(11,3)7-12-9/h8-9H,4-7H2,1-3H3. The van der Waals surface area contributed by atoms with Crippen molar-refractivity contribution in [3.05, 3.63) is 0 Å². The fourth-order valence-corrected chi connectivity index (χ4v) is 2.57. The van der Waals surface area contributed by atoms with Crippen molar-refractivity contribution in [2.24, 2.45) is 0 Å². The molecule has 2 atom stereocenters. The van der Waals surface area contributed by atoms with Crippen molar-refractivity contribution in [1.29, 1.82) is 0 Å². The molecule has 0 N–H and O–H groups in total. The van der Waals surface area contributed by atoms with Crippen molar-refractivity contribution in [2.45, 2.75) is 51.3 Å². The van der Waals surface area contributed by atoms with Gasteiger partial charge in [0, 0.05) is 18.1 Å². The third-order valence-electron chi connectivity index (χ3n) is 3.35. The minimum atomic E-state index is 0.336. The third kappa shape index (κ3) is 1.17. The van der Waals surface area contributed by atoms with Crippen LogP contribution in [0.3, 0.4) is 0 Å². The van der Waals surface area contributed by atoms with Gasteiger partial charge in [-0.2, -0.15) is 0 Å². The summed E-state index contributed by atoms with van der Waals surface area (Å²) in [7, 11) is 0. The summed E-state index contributed by atoms with van der Waals surface area (Å²) in [4.78, 5) is 2.60. The number of piperidine rings is 1. The van der Waals surface area contributed by atoms with E-state index < -0.39 is 0 Å². The van der Waals surface area contributed by atoms with Gasteiger partial charge >= 0.3 is 0 Å². The molecule has 0 aromatic rings. The highest BCUT2D eigenvalue weighted by atomic mass is 16.5. The van der Waals surface area contributed by atoms with Gasteiger partial charge in [-0.1, -0.05) is 0 Å². The Bertz CT molecular complexity index is 171. The summed E-state index contributed by atoms with van der Waals surface area (Å²) in [5.41, 5.74) is 0.336. The molecule has 3 saturated heterocycles. The van der Waals surface area contributed by atoms with Crippen LogP contribution in [0.4, 0.5) is 0 Å². The minimum Gasteiger partial charge on any atom is -0.375 e. The van der Waals surface area contributed by atoms with E-state index in [1.807, 2.05) is 0 Å². The van der Waals surface area contributed by atoms with E-state index in [2.05, 4.69) is 25.7 Å². The number of hydrogen-bond donors (Lipinski definition) is 0. The number of hydrogen-bond acceptors (Lipinski definition) is 2. The average molecular weight is 169 g/mol. The fraction of sp³-hybridized carbons (Fsp3) is 1.00. The predicted octanol–water partition coefficient (Wildman–Crippen LogP) is 1.65. The van der Waals surface area contributed by atoms with Crippen LogP contribution in [-0.2, 0) is 4.74 Å². The van der Waals surface area contributed by atoms with Gasteiger partial charge < -0.3 is 4.74 Å². The Morgan fingerprint density at radius 1 is 1.50 bits per heavy atom. The molecule has 0 aromatic heterocycles. The van der Waals surface area contributed by atoms with E-state index in [9.17, 15) is 0 Å². The molecule has 2 unspecified atom stereocenters. The van der Waals surface area contributed by atoms with Crippen LogP contribution in [0.15, 0.2) is 0 Å². The van der Waals surface area contributed by atoms with Crippen molar-refractivity contribution in [1.82, 2.24) is 4.90 Å². The van der Waals surface area contributed by atoms with Crippen LogP contribution in [0, 0.1) is 0 Å². The highest BCUT2D eigenvalue weighted by Crippen LogP contribution is 2.36. The first kappa shape index (κ1) is 8.52. The van der Waals surface area contributed by atoms with Crippen LogP contribution in [0.1, 0.15) is 33.6 Å². The third-order valence-corrected chi connectivity index (χ3v) is 3.35. The Hall–Kier alpha value is -0.0800. The van der Waals surface area contributed by atoms with E-state index in [1.54, 1.807) is 0 Å². The van der Waals surface area contributed by atoms with E-state index >= 15 is 0 Å². The molecule has 2 heteroatoms. The zero-order valence-corrected chi connectivity index (χ0v) is 8.34. The zero-order valence-electron chi connectivity index (χ0n) is 8.34. The van der Waals surface area contributed by atoms with Gasteiger partial charge in [-0.3, -0.25) is 4.90 Å². The van der Waals surface area contributed by atoms with Gasteiger partial charge in [0.05, 0.1) is 12.7 Å². The van der Waals surface area contributed by atoms with Crippen LogP contribution in [0.25, 0.3) is 0 Å². The first-order chi connectivity index (χ1) is 5.62. The molecule has 0 spiro atoms. The normalized spacial score (nSPS) is 42.5. The molecule has 12 heavy (non-hydrogen) atoms. The highest BCUT2D eigenvalue weighted by Gasteiger charge is 2.44. The minimum absolute atomic E-state index is 0.336. The summed E-state index contributed by atoms with van der Waals surface area (Å²) in [6.07, 6.45) is 3.10. The lowest BCUT2D eigenvalue weighted by molar-refractivity contribution is -0.160. The van der Waals surface area contributed by atoms with Gasteiger partial charge in [-0.25, -0.2) is 0 Å². The maximum absolute atomic E-state index is 5.72. The predicted molar refractivity (Wildman–Crippen MR) is 49.2 cm³/mol. The van der Waals surface area contributed by atoms with Gasteiger partial charge in [-0.15, -0.1) is 0 Å². The van der Waals surface area contributed by atoms with Gasteiger partial charge in [0.15, 0.2) is 0 Å². The Balaban J connectivity index is 2.15. The van der Waals surface area contributed by atoms with Crippen molar-refractivity contribution >= 4 is 0 Å². The van der Waals surface area contributed by atoms with E-state index in [4.69, 9.17) is 4.74 Å². The van der Waals surface area contributed by atoms with Crippen molar-refractivity contribution in [3.8, 4) is 0 Å². The Morgan fingerprint density at radius 2 is 2.25 bits per heavy atom. The largest absolute Gasteiger partial charge is 0.375 e. The molecular weight excluding hydrogens is 150 g/mol. The summed E-state index contributed by atoms with van der Waals surface area (Å²) in [6.45, 7) is 8.99. The van der Waals surface area contributed by atoms with Gasteiger partial charge in [0.2, 0.25) is 0 Å². The lowest BCUT2D eigenvalue weighted by Crippen LogP contribution is -2.64. The average Bonchev–Trinajstić information content (AvgIpc) is 2.04. The number of ether oxygens (including phenoxy) is 1. The van der Waals surface area contributed by atoms with Crippen LogP contribution >= 0.6 is 0 Å². The van der Waals surface area contributed by atoms with E-state index in [0.717, 1.165) is 13.2 Å². The van der Waals surface area contributed by atoms with Crippen LogP contribution in [0.5, 0.6) is 0 Å². The van der Waals surface area contributed by atoms with Crippen LogP contribution in [0.2, 0.25) is 0 Å². The maximum atomic E-state index is 5.72. The van der Waals surface area contributed by atoms with E-state index in [1.165, 1.54) is 12.8 Å². The number of morpholine rings is 1. The topological polar surface area (TPSA) is 12.5 Å². The highest BCUT2D eigenvalue weighted by molar-refractivity contribution is 4.98. The zero-order chi connectivity index (χ0) is 8.77. The lowest BCUT2D eigenvalue weighted by Gasteiger charge is -2.54. The quantitative estimate of drug-likeness (QED) is 0.592. The second-order valence-electron chi connectivity index (χ2n) is 4.71. The monoisotopic (exact) mass is 169 g/mol. The molecule has 3 aliphatic heterocycles. The molecule has 3 rings (SSSR count). The van der Waals surface area contributed by atoms with Crippen molar-refractivity contribution in [3.63, 3.8) is 0 Å². The number of rotatable bonds is 1. The summed E-state index contributed by atoms with van der Waals surface area (Å²) in [6, 6.07) is 0.668. The first-order valence-electron chi connectivity index (χ1n) is 5.00. The smallest absolute Gasteiger partial charge is 0.0704 e. The molecule has 70 valence electrons. The fourth-order valence-electron chi connectivity index (χ4n) is 2.57. The molecule has 0 amide bonds. The van der Waals surface area contributed by atoms with Gasteiger partial charge in [-0.05, 0) is 33.6 Å². The number of fused-ring (bicyclic) bond motifs is 3. The molecule has 0 aliphatic carbocycles. The Morgan fingerprint density at radius 3 is 2.58 bits per heavy atom. The molecule has 2 bridgehead atoms. The lowest BCUT2D eigenvalue weighted by atomic mass is 9.84. The summed E-state index contributed by atoms with van der Waals surface area (Å²) in [5, 5.41) is 0. The summed E-state index contributed by atoms with van der Waals surface area (Å²) < 4.78 is 5.72. The molecule has 3 heterocycles. The summed E-state index contributed by atoms with van der Waals surface area (Å²) in [5.74, 6) is 0. The second kappa shape index (κ2) is 2.71. The molecule has 3 fully saturated rings. The molecule has 0 saturated carbocycles. The molecule has 3 aliphatic rings. The van der Waals surface area contributed by atoms with E-state index in [-0.39, 0.29) is 0 Å².